The Labute approximate surface area is 79.2 Å². The number of aromatic nitrogens is 2. The average Bonchev–Trinajstić information content (AvgIpc) is 2.62. The van der Waals surface area contributed by atoms with Gasteiger partial charge in [0.05, 0.1) is 0 Å². The molecule has 1 aliphatic rings. The zero-order valence-electron chi connectivity index (χ0n) is 8.49. The quantitative estimate of drug-likeness (QED) is 0.771. The molecule has 2 unspecified atom stereocenters. The summed E-state index contributed by atoms with van der Waals surface area (Å²) < 4.78 is 2.17. The van der Waals surface area contributed by atoms with E-state index in [1.54, 1.807) is 0 Å². The van der Waals surface area contributed by atoms with Crippen molar-refractivity contribution < 1.29 is 0 Å². The van der Waals surface area contributed by atoms with Crippen molar-refractivity contribution in [3.05, 3.63) is 12.4 Å². The van der Waals surface area contributed by atoms with E-state index in [0.717, 1.165) is 11.9 Å². The van der Waals surface area contributed by atoms with Gasteiger partial charge in [0.1, 0.15) is 0 Å². The molecule has 2 rings (SSSR count). The summed E-state index contributed by atoms with van der Waals surface area (Å²) in [7, 11) is 0. The maximum Gasteiger partial charge on any atom is 0.203 e. The molecule has 1 aliphatic carbocycles. The second-order valence-electron chi connectivity index (χ2n) is 4.22. The predicted molar refractivity (Wildman–Crippen MR) is 53.8 cm³/mol. The normalized spacial score (nSPS) is 26.5. The van der Waals surface area contributed by atoms with Crippen LogP contribution in [0.1, 0.15) is 33.2 Å². The fraction of sp³-hybridized carbons (Fsp3) is 0.700. The molecule has 1 N–H and O–H groups in total. The lowest BCUT2D eigenvalue weighted by Crippen LogP contribution is -2.11. The third-order valence-electron chi connectivity index (χ3n) is 2.65. The maximum absolute atomic E-state index is 4.30. The van der Waals surface area contributed by atoms with Crippen molar-refractivity contribution >= 4 is 5.95 Å². The summed E-state index contributed by atoms with van der Waals surface area (Å²) in [6, 6.07) is 1.14. The van der Waals surface area contributed by atoms with Crippen LogP contribution in [-0.2, 0) is 0 Å². The van der Waals surface area contributed by atoms with Crippen LogP contribution < -0.4 is 5.32 Å². The first-order valence-corrected chi connectivity index (χ1v) is 4.98. The van der Waals surface area contributed by atoms with Gasteiger partial charge in [-0.15, -0.1) is 0 Å². The number of nitrogens with zero attached hydrogens (tertiary/aromatic N) is 2. The van der Waals surface area contributed by atoms with Gasteiger partial charge in [0.25, 0.3) is 0 Å². The van der Waals surface area contributed by atoms with E-state index in [9.17, 15) is 0 Å². The highest BCUT2D eigenvalue weighted by atomic mass is 15.2. The summed E-state index contributed by atoms with van der Waals surface area (Å²) >= 11 is 0. The molecule has 2 atom stereocenters. The second-order valence-corrected chi connectivity index (χ2v) is 4.22. The van der Waals surface area contributed by atoms with Gasteiger partial charge in [-0.2, -0.15) is 0 Å². The van der Waals surface area contributed by atoms with Crippen molar-refractivity contribution in [1.82, 2.24) is 9.55 Å². The lowest BCUT2D eigenvalue weighted by molar-refractivity contribution is 0.603. The van der Waals surface area contributed by atoms with Gasteiger partial charge in [-0.3, -0.25) is 0 Å². The van der Waals surface area contributed by atoms with Crippen LogP contribution in [0, 0.1) is 5.92 Å². The van der Waals surface area contributed by atoms with Crippen molar-refractivity contribution in [3.63, 3.8) is 0 Å². The van der Waals surface area contributed by atoms with Crippen molar-refractivity contribution in [2.75, 3.05) is 5.32 Å². The minimum Gasteiger partial charge on any atom is -0.353 e. The number of hydrogen-bond acceptors (Lipinski definition) is 2. The van der Waals surface area contributed by atoms with Crippen LogP contribution in [0.15, 0.2) is 12.4 Å². The molecule has 0 aliphatic heterocycles. The minimum atomic E-state index is 0.485. The van der Waals surface area contributed by atoms with Crippen molar-refractivity contribution in [2.24, 2.45) is 5.92 Å². The Balaban J connectivity index is 2.06. The van der Waals surface area contributed by atoms with Gasteiger partial charge < -0.3 is 9.88 Å². The monoisotopic (exact) mass is 179 g/mol. The summed E-state index contributed by atoms with van der Waals surface area (Å²) in [5.41, 5.74) is 0. The number of rotatable bonds is 3. The molecular formula is C10H17N3. The summed E-state index contributed by atoms with van der Waals surface area (Å²) in [5, 5.41) is 3.45. The van der Waals surface area contributed by atoms with Crippen LogP contribution in [0.4, 0.5) is 5.95 Å². The molecule has 0 bridgehead atoms. The fourth-order valence-corrected chi connectivity index (χ4v) is 1.53. The Kier molecular flexibility index (Phi) is 2.02. The lowest BCUT2D eigenvalue weighted by Gasteiger charge is -2.12. The van der Waals surface area contributed by atoms with Gasteiger partial charge in [0.2, 0.25) is 5.95 Å². The molecule has 0 spiro atoms. The summed E-state index contributed by atoms with van der Waals surface area (Å²) in [6.07, 6.45) is 5.17. The van der Waals surface area contributed by atoms with E-state index in [1.165, 1.54) is 6.42 Å². The molecule has 1 heterocycles. The van der Waals surface area contributed by atoms with Gasteiger partial charge in [-0.05, 0) is 26.2 Å². The molecule has 1 saturated carbocycles. The highest BCUT2D eigenvalue weighted by Gasteiger charge is 2.33. The molecule has 3 heteroatoms. The number of anilines is 1. The number of hydrogen-bond donors (Lipinski definition) is 1. The molecule has 0 radical (unpaired) electrons. The van der Waals surface area contributed by atoms with E-state index in [2.05, 4.69) is 35.6 Å². The van der Waals surface area contributed by atoms with E-state index < -0.39 is 0 Å². The van der Waals surface area contributed by atoms with Crippen molar-refractivity contribution in [2.45, 2.75) is 39.3 Å². The largest absolute Gasteiger partial charge is 0.353 e. The molecule has 72 valence electrons. The van der Waals surface area contributed by atoms with E-state index in [0.29, 0.717) is 12.1 Å². The van der Waals surface area contributed by atoms with E-state index in [4.69, 9.17) is 0 Å². The SMILES string of the molecule is CC1CC1Nc1nccn1C(C)C. The predicted octanol–water partition coefficient (Wildman–Crippen LogP) is 2.28. The van der Waals surface area contributed by atoms with E-state index >= 15 is 0 Å². The average molecular weight is 179 g/mol. The molecule has 0 amide bonds. The molecule has 3 nitrogen and oxygen atoms in total. The topological polar surface area (TPSA) is 29.9 Å². The van der Waals surface area contributed by atoms with E-state index in [-0.39, 0.29) is 0 Å². The Bertz CT molecular complexity index is 290. The number of nitrogens with one attached hydrogen (secondary N) is 1. The first-order chi connectivity index (χ1) is 6.18. The fourth-order valence-electron chi connectivity index (χ4n) is 1.53. The van der Waals surface area contributed by atoms with Gasteiger partial charge in [-0.25, -0.2) is 4.98 Å². The molecule has 1 aromatic heterocycles. The Morgan fingerprint density at radius 3 is 2.85 bits per heavy atom. The van der Waals surface area contributed by atoms with Crippen LogP contribution in [0.5, 0.6) is 0 Å². The Morgan fingerprint density at radius 2 is 2.31 bits per heavy atom. The second kappa shape index (κ2) is 3.05. The Morgan fingerprint density at radius 1 is 1.62 bits per heavy atom. The standard InChI is InChI=1S/C10H17N3/c1-7(2)13-5-4-11-10(13)12-9-6-8(9)3/h4-5,7-9H,6H2,1-3H3,(H,11,12). The van der Waals surface area contributed by atoms with Crippen LogP contribution in [0.25, 0.3) is 0 Å². The molecule has 13 heavy (non-hydrogen) atoms. The first-order valence-electron chi connectivity index (χ1n) is 4.98. The summed E-state index contributed by atoms with van der Waals surface area (Å²) in [4.78, 5) is 4.30. The van der Waals surface area contributed by atoms with Crippen LogP contribution in [0.2, 0.25) is 0 Å². The van der Waals surface area contributed by atoms with Gasteiger partial charge in [0.15, 0.2) is 0 Å². The summed E-state index contributed by atoms with van der Waals surface area (Å²) in [5.74, 6) is 1.83. The third kappa shape index (κ3) is 1.69. The highest BCUT2D eigenvalue weighted by molar-refractivity contribution is 5.31. The minimum absolute atomic E-state index is 0.485. The maximum atomic E-state index is 4.30. The third-order valence-corrected chi connectivity index (χ3v) is 2.65. The van der Waals surface area contributed by atoms with Gasteiger partial charge in [0, 0.05) is 24.5 Å². The molecule has 0 aromatic carbocycles. The first kappa shape index (κ1) is 8.60. The van der Waals surface area contributed by atoms with Gasteiger partial charge >= 0.3 is 0 Å². The molecule has 1 fully saturated rings. The molecule has 0 saturated heterocycles. The smallest absolute Gasteiger partial charge is 0.203 e. The number of imidazole rings is 1. The van der Waals surface area contributed by atoms with Crippen molar-refractivity contribution in [1.29, 1.82) is 0 Å². The molecular weight excluding hydrogens is 162 g/mol. The Hall–Kier alpha value is -0.990. The zero-order valence-corrected chi connectivity index (χ0v) is 8.49. The van der Waals surface area contributed by atoms with Crippen molar-refractivity contribution in [3.8, 4) is 0 Å². The highest BCUT2D eigenvalue weighted by Crippen LogP contribution is 2.32. The van der Waals surface area contributed by atoms with Gasteiger partial charge in [-0.1, -0.05) is 6.92 Å². The summed E-state index contributed by atoms with van der Waals surface area (Å²) in [6.45, 7) is 6.60. The molecule has 1 aromatic rings. The zero-order chi connectivity index (χ0) is 9.42. The van der Waals surface area contributed by atoms with Crippen LogP contribution in [0.3, 0.4) is 0 Å². The lowest BCUT2D eigenvalue weighted by atomic mass is 10.4. The van der Waals surface area contributed by atoms with Crippen LogP contribution in [-0.4, -0.2) is 15.6 Å². The van der Waals surface area contributed by atoms with Crippen LogP contribution >= 0.6 is 0 Å². The van der Waals surface area contributed by atoms with E-state index in [1.807, 2.05) is 12.4 Å².